The summed E-state index contributed by atoms with van der Waals surface area (Å²) in [6.07, 6.45) is -3.02. The molecule has 0 amide bonds. The fraction of sp³-hybridized carbons (Fsp3) is 0.400. The monoisotopic (exact) mass is 239 g/mol. The van der Waals surface area contributed by atoms with Gasteiger partial charge in [0.15, 0.2) is 0 Å². The molecule has 1 aromatic rings. The topological polar surface area (TPSA) is 26.0 Å². The van der Waals surface area contributed by atoms with Crippen molar-refractivity contribution in [2.45, 2.75) is 25.8 Å². The molecular weight excluding hydrogens is 227 g/mol. The highest BCUT2D eigenvalue weighted by molar-refractivity contribution is 5.85. The Labute approximate surface area is 92.9 Å². The van der Waals surface area contributed by atoms with E-state index in [9.17, 15) is 13.2 Å². The number of hydrogen-bond donors (Lipinski definition) is 1. The van der Waals surface area contributed by atoms with Crippen LogP contribution in [0.2, 0.25) is 0 Å². The summed E-state index contributed by atoms with van der Waals surface area (Å²) in [6, 6.07) is 3.47. The maximum Gasteiger partial charge on any atom is 0.240 e. The predicted molar refractivity (Wildman–Crippen MR) is 55.9 cm³/mol. The summed E-state index contributed by atoms with van der Waals surface area (Å²) in [7, 11) is 0. The number of aryl methyl sites for hydroxylation is 1. The van der Waals surface area contributed by atoms with Gasteiger partial charge in [0.1, 0.15) is 5.82 Å². The van der Waals surface area contributed by atoms with Crippen molar-refractivity contribution in [1.29, 1.82) is 0 Å². The summed E-state index contributed by atoms with van der Waals surface area (Å²) in [6.45, 7) is 1.73. The summed E-state index contributed by atoms with van der Waals surface area (Å²) in [5, 5.41) is 0. The van der Waals surface area contributed by atoms with E-state index in [0.717, 1.165) is 5.56 Å². The van der Waals surface area contributed by atoms with Gasteiger partial charge >= 0.3 is 0 Å². The molecular formula is C10H13ClF3N. The van der Waals surface area contributed by atoms with Crippen LogP contribution < -0.4 is 5.73 Å². The molecule has 2 N–H and O–H groups in total. The Morgan fingerprint density at radius 2 is 1.93 bits per heavy atom. The molecule has 0 aromatic heterocycles. The molecule has 0 radical (unpaired) electrons. The van der Waals surface area contributed by atoms with E-state index in [0.29, 0.717) is 0 Å². The minimum Gasteiger partial charge on any atom is -0.324 e. The zero-order chi connectivity index (χ0) is 10.7. The van der Waals surface area contributed by atoms with Gasteiger partial charge in [-0.2, -0.15) is 0 Å². The van der Waals surface area contributed by atoms with E-state index >= 15 is 0 Å². The molecule has 1 nitrogen and oxygen atoms in total. The van der Waals surface area contributed by atoms with Crippen LogP contribution >= 0.6 is 12.4 Å². The smallest absolute Gasteiger partial charge is 0.240 e. The molecule has 0 spiro atoms. The highest BCUT2D eigenvalue weighted by Gasteiger charge is 2.16. The molecule has 1 atom stereocenters. The maximum atomic E-state index is 13.2. The van der Waals surface area contributed by atoms with E-state index in [4.69, 9.17) is 5.73 Å². The van der Waals surface area contributed by atoms with Gasteiger partial charge in [-0.3, -0.25) is 0 Å². The van der Waals surface area contributed by atoms with Crippen LogP contribution in [0.1, 0.15) is 23.6 Å². The first-order chi connectivity index (χ1) is 6.50. The van der Waals surface area contributed by atoms with Crippen LogP contribution in [-0.2, 0) is 0 Å². The van der Waals surface area contributed by atoms with E-state index in [1.165, 1.54) is 12.1 Å². The van der Waals surface area contributed by atoms with Gasteiger partial charge in [0.25, 0.3) is 0 Å². The summed E-state index contributed by atoms with van der Waals surface area (Å²) in [5.41, 5.74) is 6.32. The molecule has 1 aromatic carbocycles. The van der Waals surface area contributed by atoms with E-state index < -0.39 is 24.7 Å². The van der Waals surface area contributed by atoms with Crippen molar-refractivity contribution in [1.82, 2.24) is 0 Å². The number of hydrogen-bond acceptors (Lipinski definition) is 1. The Morgan fingerprint density at radius 1 is 1.33 bits per heavy atom. The number of rotatable bonds is 3. The van der Waals surface area contributed by atoms with Crippen LogP contribution in [0.4, 0.5) is 13.2 Å². The molecule has 0 aliphatic carbocycles. The minimum absolute atomic E-state index is 0. The van der Waals surface area contributed by atoms with E-state index in [1.54, 1.807) is 13.0 Å². The fourth-order valence-corrected chi connectivity index (χ4v) is 1.25. The van der Waals surface area contributed by atoms with Crippen LogP contribution in [-0.4, -0.2) is 6.43 Å². The minimum atomic E-state index is -2.51. The van der Waals surface area contributed by atoms with Crippen LogP contribution in [0.5, 0.6) is 0 Å². The molecule has 1 rings (SSSR count). The molecule has 0 heterocycles. The molecule has 5 heteroatoms. The molecule has 0 bridgehead atoms. The third kappa shape index (κ3) is 4.10. The molecule has 0 aliphatic rings. The summed E-state index contributed by atoms with van der Waals surface area (Å²) >= 11 is 0. The number of benzene rings is 1. The normalized spacial score (nSPS) is 12.4. The lowest BCUT2D eigenvalue weighted by molar-refractivity contribution is 0.128. The summed E-state index contributed by atoms with van der Waals surface area (Å²) in [5.74, 6) is -0.516. The maximum absolute atomic E-state index is 13.2. The molecule has 15 heavy (non-hydrogen) atoms. The van der Waals surface area contributed by atoms with Gasteiger partial charge in [-0.15, -0.1) is 12.4 Å². The quantitative estimate of drug-likeness (QED) is 0.861. The van der Waals surface area contributed by atoms with Crippen molar-refractivity contribution < 1.29 is 13.2 Å². The van der Waals surface area contributed by atoms with Crippen LogP contribution in [0.3, 0.4) is 0 Å². The molecule has 0 saturated heterocycles. The standard InChI is InChI=1S/C10H12F3N.ClH/c1-6-2-3-7(8(11)4-6)9(14)5-10(12)13;/h2-4,9-10H,5,14H2,1H3;1H/t9-;/m1./s1. The summed E-state index contributed by atoms with van der Waals surface area (Å²) < 4.78 is 37.2. The van der Waals surface area contributed by atoms with Crippen molar-refractivity contribution in [2.24, 2.45) is 5.73 Å². The van der Waals surface area contributed by atoms with Crippen molar-refractivity contribution in [2.75, 3.05) is 0 Å². The van der Waals surface area contributed by atoms with E-state index in [2.05, 4.69) is 0 Å². The van der Waals surface area contributed by atoms with Gasteiger partial charge in [-0.25, -0.2) is 13.2 Å². The van der Waals surface area contributed by atoms with Gasteiger partial charge in [0.05, 0.1) is 0 Å². The van der Waals surface area contributed by atoms with Crippen LogP contribution in [0.25, 0.3) is 0 Å². The first kappa shape index (κ1) is 14.3. The largest absolute Gasteiger partial charge is 0.324 e. The zero-order valence-corrected chi connectivity index (χ0v) is 9.03. The molecule has 0 unspecified atom stereocenters. The Hall–Kier alpha value is -0.740. The second kappa shape index (κ2) is 5.98. The molecule has 0 aliphatic heterocycles. The van der Waals surface area contributed by atoms with Crippen molar-refractivity contribution >= 4 is 12.4 Å². The highest BCUT2D eigenvalue weighted by Crippen LogP contribution is 2.21. The summed E-state index contributed by atoms with van der Waals surface area (Å²) in [4.78, 5) is 0. The Kier molecular flexibility index (Phi) is 5.68. The van der Waals surface area contributed by atoms with Crippen molar-refractivity contribution in [3.8, 4) is 0 Å². The average molecular weight is 240 g/mol. The van der Waals surface area contributed by atoms with Gasteiger partial charge in [0.2, 0.25) is 6.43 Å². The Morgan fingerprint density at radius 3 is 2.40 bits per heavy atom. The third-order valence-electron chi connectivity index (χ3n) is 1.99. The van der Waals surface area contributed by atoms with Gasteiger partial charge in [-0.05, 0) is 18.6 Å². The molecule has 0 saturated carbocycles. The average Bonchev–Trinajstić information content (AvgIpc) is 2.01. The lowest BCUT2D eigenvalue weighted by Crippen LogP contribution is -2.15. The zero-order valence-electron chi connectivity index (χ0n) is 8.21. The number of nitrogens with two attached hydrogens (primary N) is 1. The fourth-order valence-electron chi connectivity index (χ4n) is 1.25. The first-order valence-electron chi connectivity index (χ1n) is 4.30. The highest BCUT2D eigenvalue weighted by atomic mass is 35.5. The Bertz CT molecular complexity index is 318. The molecule has 86 valence electrons. The van der Waals surface area contributed by atoms with Crippen molar-refractivity contribution in [3.63, 3.8) is 0 Å². The van der Waals surface area contributed by atoms with Crippen molar-refractivity contribution in [3.05, 3.63) is 35.1 Å². The van der Waals surface area contributed by atoms with Crippen LogP contribution in [0.15, 0.2) is 18.2 Å². The number of halogens is 4. The van der Waals surface area contributed by atoms with E-state index in [1.807, 2.05) is 0 Å². The molecule has 0 fully saturated rings. The van der Waals surface area contributed by atoms with Gasteiger partial charge in [0, 0.05) is 18.0 Å². The predicted octanol–water partition coefficient (Wildman–Crippen LogP) is 3.21. The third-order valence-corrected chi connectivity index (χ3v) is 1.99. The van der Waals surface area contributed by atoms with Gasteiger partial charge < -0.3 is 5.73 Å². The Balaban J connectivity index is 0.00000196. The van der Waals surface area contributed by atoms with Gasteiger partial charge in [-0.1, -0.05) is 12.1 Å². The second-order valence-electron chi connectivity index (χ2n) is 3.26. The lowest BCUT2D eigenvalue weighted by Gasteiger charge is -2.12. The second-order valence-corrected chi connectivity index (χ2v) is 3.26. The number of alkyl halides is 2. The first-order valence-corrected chi connectivity index (χ1v) is 4.30. The van der Waals surface area contributed by atoms with Crippen LogP contribution in [0, 0.1) is 12.7 Å². The lowest BCUT2D eigenvalue weighted by atomic mass is 10.0. The van der Waals surface area contributed by atoms with E-state index in [-0.39, 0.29) is 18.0 Å². The SMILES string of the molecule is Cc1ccc([C@H](N)CC(F)F)c(F)c1.Cl.